The van der Waals surface area contributed by atoms with Crippen molar-refractivity contribution in [2.24, 2.45) is 0 Å². The molecular weight excluding hydrogens is 218 g/mol. The largest absolute Gasteiger partial charge is 0.285 e. The molecule has 1 aliphatic heterocycles. The van der Waals surface area contributed by atoms with Gasteiger partial charge in [-0.1, -0.05) is 12.2 Å². The first-order valence-electron chi connectivity index (χ1n) is 5.66. The maximum atomic E-state index is 11.5. The Morgan fingerprint density at radius 3 is 1.82 bits per heavy atom. The third-order valence-electron chi connectivity index (χ3n) is 2.97. The second-order valence-electron chi connectivity index (χ2n) is 4.15. The number of nitrogens with zero attached hydrogens (tertiary/aromatic N) is 2. The minimum absolute atomic E-state index is 0.179. The number of hydrogen-bond acceptors (Lipinski definition) is 4. The molecule has 0 bridgehead atoms. The average molecular weight is 229 g/mol. The summed E-state index contributed by atoms with van der Waals surface area (Å²) in [5.74, 6) is -0.865. The van der Waals surface area contributed by atoms with Crippen LogP contribution in [0.25, 0.3) is 0 Å². The molecule has 5 heteroatoms. The highest BCUT2D eigenvalue weighted by atomic mass is 16.2. The quantitative estimate of drug-likeness (QED) is 0.527. The summed E-state index contributed by atoms with van der Waals surface area (Å²) in [4.78, 5) is 31.5. The number of carbonyl (C=O) groups is 2. The van der Waals surface area contributed by atoms with Crippen LogP contribution in [-0.2, 0) is 12.8 Å². The molecule has 2 heterocycles. The van der Waals surface area contributed by atoms with Crippen LogP contribution in [0.4, 0.5) is 0 Å². The third-order valence-corrected chi connectivity index (χ3v) is 2.97. The summed E-state index contributed by atoms with van der Waals surface area (Å²) in [5, 5.41) is 2.22. The zero-order valence-corrected chi connectivity index (χ0v) is 9.19. The van der Waals surface area contributed by atoms with Crippen molar-refractivity contribution in [3.8, 4) is 0 Å². The Labute approximate surface area is 98.0 Å². The Balaban J connectivity index is 2.11. The summed E-state index contributed by atoms with van der Waals surface area (Å²) in [6, 6.07) is 0. The highest BCUT2D eigenvalue weighted by Gasteiger charge is 2.31. The van der Waals surface area contributed by atoms with Gasteiger partial charge in [0.05, 0.1) is 11.4 Å². The molecule has 86 valence electrons. The van der Waals surface area contributed by atoms with Gasteiger partial charge < -0.3 is 0 Å². The van der Waals surface area contributed by atoms with Crippen molar-refractivity contribution in [2.75, 3.05) is 0 Å². The number of imide groups is 1. The smallest absolute Gasteiger partial charge is 0.279 e. The first-order valence-corrected chi connectivity index (χ1v) is 5.66. The first-order chi connectivity index (χ1) is 8.25. The molecule has 2 amide bonds. The van der Waals surface area contributed by atoms with E-state index in [-0.39, 0.29) is 11.4 Å². The predicted molar refractivity (Wildman–Crippen MR) is 59.6 cm³/mol. The Morgan fingerprint density at radius 2 is 1.35 bits per heavy atom. The van der Waals surface area contributed by atoms with Crippen LogP contribution < -0.4 is 5.32 Å². The van der Waals surface area contributed by atoms with Gasteiger partial charge in [-0.15, -0.1) is 0 Å². The number of nitrogens with one attached hydrogen (secondary N) is 1. The minimum atomic E-state index is -0.432. The lowest BCUT2D eigenvalue weighted by molar-refractivity contribution is 0.0876. The van der Waals surface area contributed by atoms with Gasteiger partial charge in [0.15, 0.2) is 11.4 Å². The van der Waals surface area contributed by atoms with Gasteiger partial charge in [0, 0.05) is 0 Å². The molecule has 0 radical (unpaired) electrons. The third kappa shape index (κ3) is 1.63. The van der Waals surface area contributed by atoms with Crippen LogP contribution in [0, 0.1) is 0 Å². The zero-order chi connectivity index (χ0) is 11.8. The second-order valence-corrected chi connectivity index (χ2v) is 4.15. The molecule has 0 spiro atoms. The van der Waals surface area contributed by atoms with Crippen molar-refractivity contribution < 1.29 is 9.59 Å². The number of allylic oxidation sites excluding steroid dienone is 2. The monoisotopic (exact) mass is 229 g/mol. The Kier molecular flexibility index (Phi) is 2.24. The fraction of sp³-hybridized carbons (Fsp3) is 0.333. The number of aryl methyl sites for hydroxylation is 2. The topological polar surface area (TPSA) is 72.0 Å². The van der Waals surface area contributed by atoms with Crippen LogP contribution in [0.3, 0.4) is 0 Å². The average Bonchev–Trinajstić information content (AvgIpc) is 2.54. The molecule has 1 aromatic rings. The molecule has 0 atom stereocenters. The van der Waals surface area contributed by atoms with E-state index in [1.165, 1.54) is 0 Å². The number of aromatic nitrogens is 2. The van der Waals surface area contributed by atoms with Crippen LogP contribution in [0.1, 0.15) is 45.2 Å². The Hall–Kier alpha value is -2.04. The van der Waals surface area contributed by atoms with E-state index in [9.17, 15) is 9.59 Å². The molecule has 2 aliphatic rings. The van der Waals surface area contributed by atoms with Crippen molar-refractivity contribution in [1.29, 1.82) is 0 Å². The molecule has 0 unspecified atom stereocenters. The van der Waals surface area contributed by atoms with Crippen LogP contribution >= 0.6 is 0 Å². The maximum Gasteiger partial charge on any atom is 0.279 e. The van der Waals surface area contributed by atoms with E-state index in [1.807, 2.05) is 0 Å². The fourth-order valence-corrected chi connectivity index (χ4v) is 2.12. The lowest BCUT2D eigenvalue weighted by atomic mass is 10.1. The summed E-state index contributed by atoms with van der Waals surface area (Å²) < 4.78 is 0. The molecule has 0 saturated carbocycles. The van der Waals surface area contributed by atoms with Gasteiger partial charge in [-0.25, -0.2) is 9.97 Å². The summed E-state index contributed by atoms with van der Waals surface area (Å²) >= 11 is 0. The van der Waals surface area contributed by atoms with Crippen LogP contribution in [0.5, 0.6) is 0 Å². The summed E-state index contributed by atoms with van der Waals surface area (Å²) in [6.45, 7) is 0. The number of amides is 2. The second kappa shape index (κ2) is 3.76. The lowest BCUT2D eigenvalue weighted by Crippen LogP contribution is -2.20. The molecule has 5 nitrogen and oxygen atoms in total. The van der Waals surface area contributed by atoms with Crippen molar-refractivity contribution >= 4 is 11.8 Å². The molecule has 1 aliphatic carbocycles. The number of rotatable bonds is 0. The van der Waals surface area contributed by atoms with Crippen LogP contribution in [0.15, 0.2) is 12.2 Å². The van der Waals surface area contributed by atoms with Crippen molar-refractivity contribution in [3.05, 3.63) is 34.9 Å². The van der Waals surface area contributed by atoms with E-state index in [0.29, 0.717) is 0 Å². The van der Waals surface area contributed by atoms with E-state index in [4.69, 9.17) is 0 Å². The van der Waals surface area contributed by atoms with Gasteiger partial charge in [0.2, 0.25) is 0 Å². The molecular formula is C12H11N3O2. The van der Waals surface area contributed by atoms with Crippen molar-refractivity contribution in [1.82, 2.24) is 15.3 Å². The summed E-state index contributed by atoms with van der Waals surface area (Å²) in [7, 11) is 0. The van der Waals surface area contributed by atoms with E-state index in [0.717, 1.165) is 37.1 Å². The van der Waals surface area contributed by atoms with Crippen LogP contribution in [-0.4, -0.2) is 21.8 Å². The Morgan fingerprint density at radius 1 is 0.882 bits per heavy atom. The SMILES string of the molecule is O=C1NC(=O)c2nc3c(nc21)CC/C=C/CC3. The number of hydrogen-bond donors (Lipinski definition) is 1. The molecule has 1 aromatic heterocycles. The van der Waals surface area contributed by atoms with Gasteiger partial charge >= 0.3 is 0 Å². The zero-order valence-electron chi connectivity index (χ0n) is 9.19. The van der Waals surface area contributed by atoms with E-state index < -0.39 is 11.8 Å². The number of carbonyl (C=O) groups excluding carboxylic acids is 2. The molecule has 17 heavy (non-hydrogen) atoms. The molecule has 1 N–H and O–H groups in total. The molecule has 0 fully saturated rings. The van der Waals surface area contributed by atoms with Crippen LogP contribution in [0.2, 0.25) is 0 Å². The molecule has 0 aromatic carbocycles. The normalized spacial score (nSPS) is 20.0. The highest BCUT2D eigenvalue weighted by molar-refractivity contribution is 6.19. The summed E-state index contributed by atoms with van der Waals surface area (Å²) in [6.07, 6.45) is 7.57. The van der Waals surface area contributed by atoms with Gasteiger partial charge in [-0.3, -0.25) is 14.9 Å². The maximum absolute atomic E-state index is 11.5. The van der Waals surface area contributed by atoms with Gasteiger partial charge in [0.25, 0.3) is 11.8 Å². The van der Waals surface area contributed by atoms with E-state index >= 15 is 0 Å². The minimum Gasteiger partial charge on any atom is -0.285 e. The predicted octanol–water partition coefficient (Wildman–Crippen LogP) is 0.795. The molecule has 3 rings (SSSR count). The Bertz CT molecular complexity index is 502. The standard InChI is InChI=1S/C12H11N3O2/c16-11-9-10(12(17)15-11)14-8-6-4-2-1-3-5-7(8)13-9/h1-2H,3-6H2,(H,15,16,17)/b2-1+. The van der Waals surface area contributed by atoms with Gasteiger partial charge in [-0.05, 0) is 25.7 Å². The van der Waals surface area contributed by atoms with Crippen molar-refractivity contribution in [3.63, 3.8) is 0 Å². The first kappa shape index (κ1) is 10.1. The van der Waals surface area contributed by atoms with Gasteiger partial charge in [0.1, 0.15) is 0 Å². The highest BCUT2D eigenvalue weighted by Crippen LogP contribution is 2.18. The lowest BCUT2D eigenvalue weighted by Gasteiger charge is -2.09. The summed E-state index contributed by atoms with van der Waals surface area (Å²) in [5.41, 5.74) is 2.05. The van der Waals surface area contributed by atoms with E-state index in [1.54, 1.807) is 0 Å². The fourth-order valence-electron chi connectivity index (χ4n) is 2.12. The molecule has 0 saturated heterocycles. The number of fused-ring (bicyclic) bond motifs is 2. The van der Waals surface area contributed by atoms with Gasteiger partial charge in [-0.2, -0.15) is 0 Å². The van der Waals surface area contributed by atoms with Crippen molar-refractivity contribution in [2.45, 2.75) is 25.7 Å². The van der Waals surface area contributed by atoms with E-state index in [2.05, 4.69) is 27.4 Å².